The van der Waals surface area contributed by atoms with Crippen molar-refractivity contribution in [1.29, 1.82) is 0 Å². The number of nitrogens with one attached hydrogen (secondary N) is 1. The zero-order valence-corrected chi connectivity index (χ0v) is 9.42. The molecule has 3 nitrogen and oxygen atoms in total. The van der Waals surface area contributed by atoms with E-state index in [9.17, 15) is 0 Å². The van der Waals surface area contributed by atoms with Crippen molar-refractivity contribution in [1.82, 2.24) is 4.98 Å². The van der Waals surface area contributed by atoms with E-state index in [1.54, 1.807) is 7.11 Å². The summed E-state index contributed by atoms with van der Waals surface area (Å²) in [5, 5.41) is 1.30. The number of rotatable bonds is 1. The Balaban J connectivity index is 2.14. The second-order valence-electron chi connectivity index (χ2n) is 4.49. The van der Waals surface area contributed by atoms with Gasteiger partial charge in [-0.1, -0.05) is 6.07 Å². The molecule has 0 radical (unpaired) electrons. The Labute approximate surface area is 94.6 Å². The predicted molar refractivity (Wildman–Crippen MR) is 65.5 cm³/mol. The molecule has 0 amide bonds. The number of aromatic nitrogens is 1. The highest BCUT2D eigenvalue weighted by Crippen LogP contribution is 2.30. The van der Waals surface area contributed by atoms with Crippen LogP contribution < -0.4 is 5.73 Å². The highest BCUT2D eigenvalue weighted by atomic mass is 16.5. The lowest BCUT2D eigenvalue weighted by Crippen LogP contribution is -2.20. The first kappa shape index (κ1) is 9.73. The van der Waals surface area contributed by atoms with Crippen LogP contribution in [0.5, 0.6) is 0 Å². The Morgan fingerprint density at radius 1 is 1.44 bits per heavy atom. The van der Waals surface area contributed by atoms with Crippen LogP contribution in [0.25, 0.3) is 10.9 Å². The Kier molecular flexibility index (Phi) is 2.14. The standard InChI is InChI=1S/C13H16N2O/c1-16-9-3-5-12-11(7-9)10-4-2-8(14)6-13(10)15-12/h2,4,6,9,15H,3,5,7,14H2,1H3. The summed E-state index contributed by atoms with van der Waals surface area (Å²) < 4.78 is 5.45. The normalized spacial score (nSPS) is 19.9. The van der Waals surface area contributed by atoms with Gasteiger partial charge in [0.2, 0.25) is 0 Å². The average molecular weight is 216 g/mol. The molecule has 0 fully saturated rings. The molecule has 0 spiro atoms. The highest BCUT2D eigenvalue weighted by molar-refractivity contribution is 5.87. The van der Waals surface area contributed by atoms with Crippen LogP contribution >= 0.6 is 0 Å². The number of ether oxygens (including phenoxy) is 1. The van der Waals surface area contributed by atoms with E-state index in [-0.39, 0.29) is 0 Å². The van der Waals surface area contributed by atoms with Crippen LogP contribution in [0.3, 0.4) is 0 Å². The van der Waals surface area contributed by atoms with Gasteiger partial charge < -0.3 is 15.5 Å². The second-order valence-corrected chi connectivity index (χ2v) is 4.49. The van der Waals surface area contributed by atoms with Gasteiger partial charge >= 0.3 is 0 Å². The summed E-state index contributed by atoms with van der Waals surface area (Å²) in [5.74, 6) is 0. The van der Waals surface area contributed by atoms with Gasteiger partial charge in [0.1, 0.15) is 0 Å². The first-order valence-corrected chi connectivity index (χ1v) is 5.69. The molecule has 1 heterocycles. The van der Waals surface area contributed by atoms with Crippen molar-refractivity contribution in [3.8, 4) is 0 Å². The lowest BCUT2D eigenvalue weighted by molar-refractivity contribution is 0.0911. The van der Waals surface area contributed by atoms with Crippen molar-refractivity contribution >= 4 is 16.6 Å². The summed E-state index contributed by atoms with van der Waals surface area (Å²) in [4.78, 5) is 3.47. The molecule has 3 rings (SSSR count). The molecule has 1 atom stereocenters. The fourth-order valence-corrected chi connectivity index (χ4v) is 2.61. The Bertz CT molecular complexity index is 530. The lowest BCUT2D eigenvalue weighted by Gasteiger charge is -2.20. The van der Waals surface area contributed by atoms with Crippen LogP contribution in [0.1, 0.15) is 17.7 Å². The quantitative estimate of drug-likeness (QED) is 0.718. The van der Waals surface area contributed by atoms with Gasteiger partial charge in [-0.05, 0) is 30.5 Å². The van der Waals surface area contributed by atoms with Crippen molar-refractivity contribution in [3.63, 3.8) is 0 Å². The van der Waals surface area contributed by atoms with Crippen LogP contribution in [-0.2, 0) is 17.6 Å². The molecular weight excluding hydrogens is 200 g/mol. The SMILES string of the molecule is COC1CCc2[nH]c3cc(N)ccc3c2C1. The maximum Gasteiger partial charge on any atom is 0.0616 e. The predicted octanol–water partition coefficient (Wildman–Crippen LogP) is 2.25. The number of nitrogens with two attached hydrogens (primary N) is 1. The summed E-state index contributed by atoms with van der Waals surface area (Å²) in [6.07, 6.45) is 3.55. The van der Waals surface area contributed by atoms with E-state index in [2.05, 4.69) is 11.1 Å². The topological polar surface area (TPSA) is 51.0 Å². The van der Waals surface area contributed by atoms with E-state index in [0.717, 1.165) is 30.5 Å². The van der Waals surface area contributed by atoms with Crippen LogP contribution in [0.15, 0.2) is 18.2 Å². The molecule has 1 aliphatic rings. The molecule has 1 aliphatic carbocycles. The number of nitrogen functional groups attached to an aromatic ring is 1. The number of H-pyrrole nitrogens is 1. The monoisotopic (exact) mass is 216 g/mol. The van der Waals surface area contributed by atoms with Gasteiger partial charge in [0, 0.05) is 35.8 Å². The van der Waals surface area contributed by atoms with Crippen LogP contribution in [0.4, 0.5) is 5.69 Å². The third-order valence-corrected chi connectivity index (χ3v) is 3.50. The summed E-state index contributed by atoms with van der Waals surface area (Å²) in [6, 6.07) is 6.08. The molecule has 1 unspecified atom stereocenters. The minimum Gasteiger partial charge on any atom is -0.399 e. The number of hydrogen-bond donors (Lipinski definition) is 2. The van der Waals surface area contributed by atoms with Gasteiger partial charge in [-0.15, -0.1) is 0 Å². The van der Waals surface area contributed by atoms with E-state index >= 15 is 0 Å². The summed E-state index contributed by atoms with van der Waals surface area (Å²) in [5.41, 5.74) is 10.5. The summed E-state index contributed by atoms with van der Waals surface area (Å²) in [7, 11) is 1.79. The second kappa shape index (κ2) is 3.52. The van der Waals surface area contributed by atoms with Crippen molar-refractivity contribution in [2.45, 2.75) is 25.4 Å². The summed E-state index contributed by atoms with van der Waals surface area (Å²) >= 11 is 0. The molecule has 16 heavy (non-hydrogen) atoms. The summed E-state index contributed by atoms with van der Waals surface area (Å²) in [6.45, 7) is 0. The molecule has 0 saturated heterocycles. The van der Waals surface area contributed by atoms with Gasteiger partial charge in [-0.3, -0.25) is 0 Å². The largest absolute Gasteiger partial charge is 0.399 e. The number of methoxy groups -OCH3 is 1. The Hall–Kier alpha value is -1.48. The van der Waals surface area contributed by atoms with Crippen molar-refractivity contribution < 1.29 is 4.74 Å². The van der Waals surface area contributed by atoms with E-state index in [1.807, 2.05) is 12.1 Å². The highest BCUT2D eigenvalue weighted by Gasteiger charge is 2.21. The fraction of sp³-hybridized carbons (Fsp3) is 0.385. The lowest BCUT2D eigenvalue weighted by atomic mass is 9.93. The third-order valence-electron chi connectivity index (χ3n) is 3.50. The van der Waals surface area contributed by atoms with Gasteiger partial charge in [0.05, 0.1) is 6.10 Å². The van der Waals surface area contributed by atoms with Crippen LogP contribution in [-0.4, -0.2) is 18.2 Å². The molecule has 1 aromatic heterocycles. The van der Waals surface area contributed by atoms with E-state index in [1.165, 1.54) is 16.6 Å². The van der Waals surface area contributed by atoms with E-state index in [0.29, 0.717) is 6.10 Å². The molecular formula is C13H16N2O. The fourth-order valence-electron chi connectivity index (χ4n) is 2.61. The molecule has 3 N–H and O–H groups in total. The minimum atomic E-state index is 0.365. The molecule has 3 heteroatoms. The zero-order valence-electron chi connectivity index (χ0n) is 9.42. The Morgan fingerprint density at radius 2 is 2.31 bits per heavy atom. The number of benzene rings is 1. The maximum atomic E-state index is 5.79. The van der Waals surface area contributed by atoms with Crippen molar-refractivity contribution in [2.75, 3.05) is 12.8 Å². The number of fused-ring (bicyclic) bond motifs is 3. The number of anilines is 1. The van der Waals surface area contributed by atoms with E-state index < -0.39 is 0 Å². The molecule has 0 aliphatic heterocycles. The average Bonchev–Trinajstić information content (AvgIpc) is 2.65. The van der Waals surface area contributed by atoms with Gasteiger partial charge in [-0.2, -0.15) is 0 Å². The Morgan fingerprint density at radius 3 is 3.12 bits per heavy atom. The van der Waals surface area contributed by atoms with Gasteiger partial charge in [-0.25, -0.2) is 0 Å². The van der Waals surface area contributed by atoms with Gasteiger partial charge in [0.25, 0.3) is 0 Å². The first-order valence-electron chi connectivity index (χ1n) is 5.69. The van der Waals surface area contributed by atoms with E-state index in [4.69, 9.17) is 10.5 Å². The molecule has 0 saturated carbocycles. The molecule has 2 aromatic rings. The first-order chi connectivity index (χ1) is 7.78. The molecule has 84 valence electrons. The van der Waals surface area contributed by atoms with Gasteiger partial charge in [0.15, 0.2) is 0 Å². The number of hydrogen-bond acceptors (Lipinski definition) is 2. The number of aromatic amines is 1. The zero-order chi connectivity index (χ0) is 11.1. The van der Waals surface area contributed by atoms with Crippen molar-refractivity contribution in [2.24, 2.45) is 0 Å². The molecule has 1 aromatic carbocycles. The smallest absolute Gasteiger partial charge is 0.0616 e. The van der Waals surface area contributed by atoms with Crippen molar-refractivity contribution in [3.05, 3.63) is 29.5 Å². The van der Waals surface area contributed by atoms with Crippen LogP contribution in [0, 0.1) is 0 Å². The number of aryl methyl sites for hydroxylation is 1. The van der Waals surface area contributed by atoms with Crippen LogP contribution in [0.2, 0.25) is 0 Å². The molecule has 0 bridgehead atoms. The minimum absolute atomic E-state index is 0.365. The maximum absolute atomic E-state index is 5.79. The third kappa shape index (κ3) is 1.39.